The highest BCUT2D eigenvalue weighted by Crippen LogP contribution is 2.40. The van der Waals surface area contributed by atoms with Crippen LogP contribution in [0, 0.1) is 11.3 Å². The summed E-state index contributed by atoms with van der Waals surface area (Å²) in [6.07, 6.45) is 9.26. The van der Waals surface area contributed by atoms with E-state index < -0.39 is 10.0 Å². The maximum Gasteiger partial charge on any atom is 0.209 e. The van der Waals surface area contributed by atoms with E-state index in [4.69, 9.17) is 16.3 Å². The van der Waals surface area contributed by atoms with Gasteiger partial charge in [-0.1, -0.05) is 24.1 Å². The number of imidazole rings is 1. The third-order valence-corrected chi connectivity index (χ3v) is 6.72. The average Bonchev–Trinajstić information content (AvgIpc) is 3.18. The Bertz CT molecular complexity index is 940. The van der Waals surface area contributed by atoms with E-state index in [0.29, 0.717) is 42.5 Å². The van der Waals surface area contributed by atoms with Gasteiger partial charge in [0.1, 0.15) is 17.3 Å². The summed E-state index contributed by atoms with van der Waals surface area (Å²) in [6, 6.07) is 0. The molecule has 0 saturated carbocycles. The SMILES string of the molecule is CCC1CC2=C(C=C1Cc1nc(C(C)=N)c(N)n1CCCS(N)(=O)=O)CCC2. The number of anilines is 1. The van der Waals surface area contributed by atoms with Crippen molar-refractivity contribution in [2.24, 2.45) is 11.1 Å². The van der Waals surface area contributed by atoms with Gasteiger partial charge in [0, 0.05) is 13.0 Å². The third-order valence-electron chi connectivity index (χ3n) is 5.86. The molecular weight excluding hydrogens is 374 g/mol. The summed E-state index contributed by atoms with van der Waals surface area (Å²) in [5, 5.41) is 13.1. The van der Waals surface area contributed by atoms with Gasteiger partial charge >= 0.3 is 0 Å². The quantitative estimate of drug-likeness (QED) is 0.574. The molecule has 0 aromatic carbocycles. The molecule has 0 spiro atoms. The maximum atomic E-state index is 11.3. The number of nitrogens with one attached hydrogen (secondary N) is 1. The number of nitrogen functional groups attached to an aromatic ring is 1. The number of aromatic nitrogens is 2. The van der Waals surface area contributed by atoms with Crippen LogP contribution < -0.4 is 10.9 Å². The van der Waals surface area contributed by atoms with Gasteiger partial charge < -0.3 is 15.7 Å². The molecular formula is C20H31N5O2S. The number of hydrogen-bond acceptors (Lipinski definition) is 5. The Morgan fingerprint density at radius 2 is 2.14 bits per heavy atom. The Morgan fingerprint density at radius 3 is 2.79 bits per heavy atom. The van der Waals surface area contributed by atoms with Crippen LogP contribution in [-0.2, 0) is 23.0 Å². The summed E-state index contributed by atoms with van der Waals surface area (Å²) in [7, 11) is -3.51. The molecule has 0 bridgehead atoms. The Kier molecular flexibility index (Phi) is 6.09. The first-order chi connectivity index (χ1) is 13.2. The van der Waals surface area contributed by atoms with Gasteiger partial charge in [-0.3, -0.25) is 0 Å². The highest BCUT2D eigenvalue weighted by molar-refractivity contribution is 7.89. The van der Waals surface area contributed by atoms with Gasteiger partial charge in [-0.05, 0) is 56.9 Å². The normalized spacial score (nSPS) is 19.7. The van der Waals surface area contributed by atoms with E-state index in [0.717, 1.165) is 25.1 Å². The topological polar surface area (TPSA) is 128 Å². The monoisotopic (exact) mass is 405 g/mol. The standard InChI is InChI=1S/C20H31N5O2S/c1-3-14-10-15-6-4-7-16(15)11-17(14)12-18-24-19(13(2)21)20(22)25(18)8-5-9-28(23,26)27/h11,14,21H,3-10,12,22H2,1-2H3,(H2,23,26,27). The lowest BCUT2D eigenvalue weighted by Crippen LogP contribution is -2.19. The lowest BCUT2D eigenvalue weighted by atomic mass is 9.81. The first-order valence-electron chi connectivity index (χ1n) is 10.0. The Labute approximate surface area is 167 Å². The van der Waals surface area contributed by atoms with E-state index in [1.54, 1.807) is 12.5 Å². The zero-order chi connectivity index (χ0) is 20.5. The number of rotatable bonds is 8. The van der Waals surface area contributed by atoms with E-state index in [1.165, 1.54) is 24.0 Å². The average molecular weight is 406 g/mol. The number of allylic oxidation sites excluding steroid dienone is 4. The molecule has 7 nitrogen and oxygen atoms in total. The molecule has 0 radical (unpaired) electrons. The zero-order valence-electron chi connectivity index (χ0n) is 16.8. The summed E-state index contributed by atoms with van der Waals surface area (Å²) < 4.78 is 24.4. The second-order valence-corrected chi connectivity index (χ2v) is 9.68. The minimum Gasteiger partial charge on any atom is -0.383 e. The van der Waals surface area contributed by atoms with Crippen molar-refractivity contribution in [2.75, 3.05) is 11.5 Å². The summed E-state index contributed by atoms with van der Waals surface area (Å²) in [5.41, 5.74) is 11.5. The van der Waals surface area contributed by atoms with Crippen molar-refractivity contribution in [1.82, 2.24) is 9.55 Å². The Balaban J connectivity index is 1.89. The van der Waals surface area contributed by atoms with E-state index >= 15 is 0 Å². The molecule has 2 aliphatic rings. The van der Waals surface area contributed by atoms with Crippen molar-refractivity contribution in [3.05, 3.63) is 34.3 Å². The van der Waals surface area contributed by atoms with Crippen molar-refractivity contribution < 1.29 is 8.42 Å². The molecule has 1 atom stereocenters. The Hall–Kier alpha value is -1.93. The fourth-order valence-electron chi connectivity index (χ4n) is 4.39. The van der Waals surface area contributed by atoms with Gasteiger partial charge in [0.2, 0.25) is 10.0 Å². The maximum absolute atomic E-state index is 11.3. The molecule has 0 amide bonds. The molecule has 3 rings (SSSR count). The number of sulfonamides is 1. The predicted octanol–water partition coefficient (Wildman–Crippen LogP) is 2.91. The van der Waals surface area contributed by atoms with Gasteiger partial charge in [-0.2, -0.15) is 0 Å². The number of hydrogen-bond donors (Lipinski definition) is 3. The number of nitrogens with zero attached hydrogens (tertiary/aromatic N) is 2. The van der Waals surface area contributed by atoms with Crippen molar-refractivity contribution in [1.29, 1.82) is 5.41 Å². The molecule has 154 valence electrons. The van der Waals surface area contributed by atoms with Crippen LogP contribution in [0.4, 0.5) is 5.82 Å². The summed E-state index contributed by atoms with van der Waals surface area (Å²) in [6.45, 7) is 4.32. The van der Waals surface area contributed by atoms with Crippen molar-refractivity contribution >= 4 is 21.6 Å². The number of nitrogens with two attached hydrogens (primary N) is 2. The molecule has 0 fully saturated rings. The van der Waals surface area contributed by atoms with Crippen LogP contribution in [0.3, 0.4) is 0 Å². The first kappa shape index (κ1) is 20.8. The van der Waals surface area contributed by atoms with Gasteiger partial charge in [0.25, 0.3) is 0 Å². The zero-order valence-corrected chi connectivity index (χ0v) is 17.6. The van der Waals surface area contributed by atoms with Gasteiger partial charge in [-0.15, -0.1) is 0 Å². The highest BCUT2D eigenvalue weighted by Gasteiger charge is 2.26. The second-order valence-electron chi connectivity index (χ2n) is 7.95. The van der Waals surface area contributed by atoms with Crippen molar-refractivity contribution in [2.45, 2.75) is 65.3 Å². The van der Waals surface area contributed by atoms with Crippen LogP contribution in [0.15, 0.2) is 22.8 Å². The van der Waals surface area contributed by atoms with Crippen molar-refractivity contribution in [3.8, 4) is 0 Å². The lowest BCUT2D eigenvalue weighted by molar-refractivity contribution is 0.545. The van der Waals surface area contributed by atoms with Gasteiger partial charge in [0.15, 0.2) is 0 Å². The van der Waals surface area contributed by atoms with Crippen LogP contribution >= 0.6 is 0 Å². The van der Waals surface area contributed by atoms with E-state index in [-0.39, 0.29) is 5.75 Å². The number of primary sulfonamides is 1. The lowest BCUT2D eigenvalue weighted by Gasteiger charge is -2.25. The highest BCUT2D eigenvalue weighted by atomic mass is 32.2. The van der Waals surface area contributed by atoms with Crippen molar-refractivity contribution in [3.63, 3.8) is 0 Å². The van der Waals surface area contributed by atoms with Crippen LogP contribution in [-0.4, -0.2) is 29.4 Å². The largest absolute Gasteiger partial charge is 0.383 e. The van der Waals surface area contributed by atoms with Crippen LogP contribution in [0.2, 0.25) is 0 Å². The van der Waals surface area contributed by atoms with Crippen LogP contribution in [0.1, 0.15) is 63.9 Å². The third kappa shape index (κ3) is 4.55. The summed E-state index contributed by atoms with van der Waals surface area (Å²) >= 11 is 0. The predicted molar refractivity (Wildman–Crippen MR) is 113 cm³/mol. The first-order valence-corrected chi connectivity index (χ1v) is 11.7. The molecule has 8 heteroatoms. The van der Waals surface area contributed by atoms with Crippen LogP contribution in [0.25, 0.3) is 0 Å². The molecule has 5 N–H and O–H groups in total. The molecule has 28 heavy (non-hydrogen) atoms. The minimum absolute atomic E-state index is 0.0977. The summed E-state index contributed by atoms with van der Waals surface area (Å²) in [4.78, 5) is 4.65. The summed E-state index contributed by atoms with van der Waals surface area (Å²) in [5.74, 6) is 1.65. The second kappa shape index (κ2) is 8.21. The molecule has 1 aromatic rings. The Morgan fingerprint density at radius 1 is 1.39 bits per heavy atom. The fourth-order valence-corrected chi connectivity index (χ4v) is 4.92. The molecule has 2 aliphatic carbocycles. The van der Waals surface area contributed by atoms with Crippen LogP contribution in [0.5, 0.6) is 0 Å². The molecule has 1 heterocycles. The molecule has 1 aromatic heterocycles. The molecule has 1 unspecified atom stereocenters. The smallest absolute Gasteiger partial charge is 0.209 e. The molecule has 0 saturated heterocycles. The molecule has 0 aliphatic heterocycles. The van der Waals surface area contributed by atoms with E-state index in [9.17, 15) is 8.42 Å². The van der Waals surface area contributed by atoms with Gasteiger partial charge in [0.05, 0.1) is 11.5 Å². The minimum atomic E-state index is -3.51. The van der Waals surface area contributed by atoms with E-state index in [2.05, 4.69) is 18.0 Å². The fraction of sp³-hybridized carbons (Fsp3) is 0.600. The van der Waals surface area contributed by atoms with E-state index in [1.807, 2.05) is 4.57 Å². The van der Waals surface area contributed by atoms with Gasteiger partial charge in [-0.25, -0.2) is 18.5 Å².